The predicted molar refractivity (Wildman–Crippen MR) is 67.7 cm³/mol. The second kappa shape index (κ2) is 5.78. The fourth-order valence-corrected chi connectivity index (χ4v) is 1.84. The van der Waals surface area contributed by atoms with Crippen LogP contribution in [0.2, 0.25) is 0 Å². The van der Waals surface area contributed by atoms with Crippen molar-refractivity contribution in [1.29, 1.82) is 0 Å². The molecule has 2 nitrogen and oxygen atoms in total. The lowest BCUT2D eigenvalue weighted by Gasteiger charge is -2.17. The van der Waals surface area contributed by atoms with Crippen molar-refractivity contribution in [2.75, 3.05) is 11.2 Å². The van der Waals surface area contributed by atoms with Gasteiger partial charge in [0.1, 0.15) is 5.82 Å². The Hall–Kier alpha value is -1.68. The van der Waals surface area contributed by atoms with Gasteiger partial charge in [-0.3, -0.25) is 0 Å². The number of hydrogen-bond donors (Lipinski definition) is 1. The van der Waals surface area contributed by atoms with Gasteiger partial charge < -0.3 is 5.32 Å². The minimum Gasteiger partial charge on any atom is -0.360 e. The van der Waals surface area contributed by atoms with Gasteiger partial charge in [0.25, 0.3) is 0 Å². The van der Waals surface area contributed by atoms with Crippen molar-refractivity contribution in [3.63, 3.8) is 0 Å². The third kappa shape index (κ3) is 2.96. The van der Waals surface area contributed by atoms with Crippen LogP contribution in [0.25, 0.3) is 0 Å². The molecular weight excluding hydrogens is 258 g/mol. The van der Waals surface area contributed by atoms with Crippen LogP contribution in [0, 0.1) is 11.6 Å². The van der Waals surface area contributed by atoms with Crippen molar-refractivity contribution in [2.24, 2.45) is 0 Å². The maximum absolute atomic E-state index is 13.5. The number of rotatable bonds is 4. The Morgan fingerprint density at radius 3 is 2.56 bits per heavy atom. The molecule has 94 valence electrons. The van der Waals surface area contributed by atoms with E-state index in [1.165, 1.54) is 0 Å². The zero-order valence-corrected chi connectivity index (χ0v) is 10.2. The standard InChI is InChI=1S/C13H11ClF2N2/c14-7-12(9-4-2-1-3-5-9)18-13-11(16)6-10(15)8-17-13/h1-6,8,12H,7H2,(H,17,18). The molecule has 18 heavy (non-hydrogen) atoms. The average Bonchev–Trinajstić information content (AvgIpc) is 2.39. The zero-order valence-electron chi connectivity index (χ0n) is 9.41. The summed E-state index contributed by atoms with van der Waals surface area (Å²) in [6, 6.07) is 9.87. The SMILES string of the molecule is Fc1cnc(NC(CCl)c2ccccc2)c(F)c1. The Bertz CT molecular complexity index is 520. The smallest absolute Gasteiger partial charge is 0.168 e. The molecule has 0 fully saturated rings. The van der Waals surface area contributed by atoms with E-state index >= 15 is 0 Å². The van der Waals surface area contributed by atoms with Crippen LogP contribution in [-0.4, -0.2) is 10.9 Å². The van der Waals surface area contributed by atoms with Crippen LogP contribution in [-0.2, 0) is 0 Å². The van der Waals surface area contributed by atoms with Crippen molar-refractivity contribution in [3.8, 4) is 0 Å². The van der Waals surface area contributed by atoms with E-state index in [1.807, 2.05) is 30.3 Å². The van der Waals surface area contributed by atoms with Crippen LogP contribution in [0.4, 0.5) is 14.6 Å². The molecule has 5 heteroatoms. The summed E-state index contributed by atoms with van der Waals surface area (Å²) in [6.45, 7) is 0. The van der Waals surface area contributed by atoms with Crippen LogP contribution in [0.1, 0.15) is 11.6 Å². The van der Waals surface area contributed by atoms with Crippen molar-refractivity contribution < 1.29 is 8.78 Å². The summed E-state index contributed by atoms with van der Waals surface area (Å²) in [5, 5.41) is 2.86. The molecule has 1 aromatic carbocycles. The van der Waals surface area contributed by atoms with E-state index in [4.69, 9.17) is 11.6 Å². The van der Waals surface area contributed by atoms with Crippen molar-refractivity contribution >= 4 is 17.4 Å². The Balaban J connectivity index is 2.21. The molecule has 1 aromatic heterocycles. The molecule has 0 aliphatic heterocycles. The molecule has 0 aliphatic rings. The van der Waals surface area contributed by atoms with E-state index in [9.17, 15) is 8.78 Å². The molecule has 1 unspecified atom stereocenters. The summed E-state index contributed by atoms with van der Waals surface area (Å²) in [5.41, 5.74) is 0.915. The first-order valence-corrected chi connectivity index (χ1v) is 5.92. The quantitative estimate of drug-likeness (QED) is 0.854. The lowest BCUT2D eigenvalue weighted by molar-refractivity contribution is 0.574. The second-order valence-corrected chi connectivity index (χ2v) is 4.05. The van der Waals surface area contributed by atoms with Gasteiger partial charge in [-0.2, -0.15) is 0 Å². The fraction of sp³-hybridized carbons (Fsp3) is 0.154. The Kier molecular flexibility index (Phi) is 4.10. The zero-order chi connectivity index (χ0) is 13.0. The highest BCUT2D eigenvalue weighted by Gasteiger charge is 2.13. The Labute approximate surface area is 109 Å². The van der Waals surface area contributed by atoms with Gasteiger partial charge in [-0.05, 0) is 5.56 Å². The number of hydrogen-bond acceptors (Lipinski definition) is 2. The normalized spacial score (nSPS) is 12.2. The van der Waals surface area contributed by atoms with Gasteiger partial charge in [0.05, 0.1) is 12.2 Å². The fourth-order valence-electron chi connectivity index (χ4n) is 1.58. The van der Waals surface area contributed by atoms with Gasteiger partial charge in [-0.1, -0.05) is 30.3 Å². The first-order chi connectivity index (χ1) is 8.70. The van der Waals surface area contributed by atoms with Gasteiger partial charge in [0.2, 0.25) is 0 Å². The molecular formula is C13H11ClF2N2. The number of pyridine rings is 1. The van der Waals surface area contributed by atoms with Crippen LogP contribution >= 0.6 is 11.6 Å². The van der Waals surface area contributed by atoms with Crippen molar-refractivity contribution in [2.45, 2.75) is 6.04 Å². The maximum Gasteiger partial charge on any atom is 0.168 e. The number of anilines is 1. The molecule has 2 aromatic rings. The molecule has 1 atom stereocenters. The number of aromatic nitrogens is 1. The van der Waals surface area contributed by atoms with E-state index in [0.717, 1.165) is 17.8 Å². The minimum atomic E-state index is -0.735. The highest BCUT2D eigenvalue weighted by atomic mass is 35.5. The largest absolute Gasteiger partial charge is 0.360 e. The highest BCUT2D eigenvalue weighted by Crippen LogP contribution is 2.21. The third-order valence-electron chi connectivity index (χ3n) is 2.48. The molecule has 1 heterocycles. The van der Waals surface area contributed by atoms with E-state index < -0.39 is 11.6 Å². The van der Waals surface area contributed by atoms with Gasteiger partial charge in [0, 0.05) is 11.9 Å². The van der Waals surface area contributed by atoms with E-state index in [-0.39, 0.29) is 17.7 Å². The number of nitrogens with one attached hydrogen (secondary N) is 1. The van der Waals surface area contributed by atoms with Crippen LogP contribution < -0.4 is 5.32 Å². The van der Waals surface area contributed by atoms with Gasteiger partial charge >= 0.3 is 0 Å². The third-order valence-corrected chi connectivity index (χ3v) is 2.78. The molecule has 0 spiro atoms. The number of nitrogens with zero attached hydrogens (tertiary/aromatic N) is 1. The van der Waals surface area contributed by atoms with Gasteiger partial charge in [-0.15, -0.1) is 11.6 Å². The first-order valence-electron chi connectivity index (χ1n) is 5.39. The lowest BCUT2D eigenvalue weighted by Crippen LogP contribution is -2.14. The molecule has 0 saturated heterocycles. The minimum absolute atomic E-state index is 0.00842. The van der Waals surface area contributed by atoms with Gasteiger partial charge in [-0.25, -0.2) is 13.8 Å². The maximum atomic E-state index is 13.5. The van der Waals surface area contributed by atoms with E-state index in [2.05, 4.69) is 10.3 Å². The van der Waals surface area contributed by atoms with Crippen LogP contribution in [0.3, 0.4) is 0 Å². The number of benzene rings is 1. The van der Waals surface area contributed by atoms with Crippen LogP contribution in [0.5, 0.6) is 0 Å². The van der Waals surface area contributed by atoms with Gasteiger partial charge in [0.15, 0.2) is 11.6 Å². The Morgan fingerprint density at radius 2 is 1.94 bits per heavy atom. The summed E-state index contributed by atoms with van der Waals surface area (Å²) in [4.78, 5) is 3.67. The summed E-state index contributed by atoms with van der Waals surface area (Å²) in [6.07, 6.45) is 0.960. The summed E-state index contributed by atoms with van der Waals surface area (Å²) < 4.78 is 26.2. The summed E-state index contributed by atoms with van der Waals surface area (Å²) >= 11 is 5.85. The molecule has 0 radical (unpaired) electrons. The van der Waals surface area contributed by atoms with Crippen molar-refractivity contribution in [1.82, 2.24) is 4.98 Å². The number of halogens is 3. The lowest BCUT2D eigenvalue weighted by atomic mass is 10.1. The number of alkyl halides is 1. The summed E-state index contributed by atoms with van der Waals surface area (Å²) in [5.74, 6) is -1.20. The van der Waals surface area contributed by atoms with Crippen LogP contribution in [0.15, 0.2) is 42.6 Å². The molecule has 0 amide bonds. The molecule has 0 aliphatic carbocycles. The van der Waals surface area contributed by atoms with E-state index in [0.29, 0.717) is 0 Å². The molecule has 0 bridgehead atoms. The molecule has 2 rings (SSSR count). The topological polar surface area (TPSA) is 24.9 Å². The monoisotopic (exact) mass is 268 g/mol. The molecule has 0 saturated carbocycles. The Morgan fingerprint density at radius 1 is 1.22 bits per heavy atom. The predicted octanol–water partition coefficient (Wildman–Crippen LogP) is 3.75. The average molecular weight is 269 g/mol. The van der Waals surface area contributed by atoms with Crippen molar-refractivity contribution in [3.05, 3.63) is 59.8 Å². The van der Waals surface area contributed by atoms with E-state index in [1.54, 1.807) is 0 Å². The summed E-state index contributed by atoms with van der Waals surface area (Å²) in [7, 11) is 0. The molecule has 1 N–H and O–H groups in total. The highest BCUT2D eigenvalue weighted by molar-refractivity contribution is 6.18. The second-order valence-electron chi connectivity index (χ2n) is 3.75. The first kappa shape index (κ1) is 12.8.